The van der Waals surface area contributed by atoms with E-state index in [4.69, 9.17) is 9.47 Å². The highest BCUT2D eigenvalue weighted by molar-refractivity contribution is 5.43. The summed E-state index contributed by atoms with van der Waals surface area (Å²) in [5, 5.41) is 6.99. The molecular weight excluding hydrogens is 252 g/mol. The van der Waals surface area contributed by atoms with Crippen molar-refractivity contribution in [1.29, 1.82) is 0 Å². The Morgan fingerprint density at radius 1 is 1.10 bits per heavy atom. The molecule has 0 aliphatic carbocycles. The quantitative estimate of drug-likeness (QED) is 0.802. The van der Waals surface area contributed by atoms with Crippen molar-refractivity contribution in [2.75, 3.05) is 39.4 Å². The Labute approximate surface area is 120 Å². The fraction of sp³-hybridized carbons (Fsp3) is 0.625. The molecule has 1 aromatic carbocycles. The normalized spacial score (nSPS) is 19.0. The van der Waals surface area contributed by atoms with Gasteiger partial charge in [-0.15, -0.1) is 0 Å². The van der Waals surface area contributed by atoms with Gasteiger partial charge in [0.25, 0.3) is 0 Å². The zero-order valence-electron chi connectivity index (χ0n) is 12.0. The second-order valence-electron chi connectivity index (χ2n) is 5.63. The third-order valence-corrected chi connectivity index (χ3v) is 4.09. The molecule has 2 aliphatic heterocycles. The molecule has 2 heterocycles. The number of ether oxygens (including phenoxy) is 2. The predicted molar refractivity (Wildman–Crippen MR) is 79.6 cm³/mol. The molecule has 0 spiro atoms. The van der Waals surface area contributed by atoms with Crippen LogP contribution < -0.4 is 20.1 Å². The van der Waals surface area contributed by atoms with Crippen molar-refractivity contribution in [2.24, 2.45) is 5.92 Å². The first-order valence-electron chi connectivity index (χ1n) is 7.72. The van der Waals surface area contributed by atoms with Gasteiger partial charge < -0.3 is 20.1 Å². The van der Waals surface area contributed by atoms with Gasteiger partial charge in [-0.2, -0.15) is 0 Å². The summed E-state index contributed by atoms with van der Waals surface area (Å²) in [4.78, 5) is 0. The minimum Gasteiger partial charge on any atom is -0.486 e. The summed E-state index contributed by atoms with van der Waals surface area (Å²) < 4.78 is 11.2. The van der Waals surface area contributed by atoms with E-state index in [0.29, 0.717) is 13.2 Å². The van der Waals surface area contributed by atoms with Crippen LogP contribution in [-0.2, 0) is 6.42 Å². The largest absolute Gasteiger partial charge is 0.486 e. The van der Waals surface area contributed by atoms with Gasteiger partial charge in [-0.3, -0.25) is 0 Å². The van der Waals surface area contributed by atoms with Crippen molar-refractivity contribution in [3.05, 3.63) is 23.8 Å². The lowest BCUT2D eigenvalue weighted by molar-refractivity contribution is 0.171. The summed E-state index contributed by atoms with van der Waals surface area (Å²) >= 11 is 0. The number of benzene rings is 1. The molecule has 0 aromatic heterocycles. The number of rotatable bonds is 5. The van der Waals surface area contributed by atoms with Gasteiger partial charge in [0.15, 0.2) is 11.5 Å². The summed E-state index contributed by atoms with van der Waals surface area (Å²) in [7, 11) is 0. The summed E-state index contributed by atoms with van der Waals surface area (Å²) in [6.07, 6.45) is 3.65. The molecule has 0 unspecified atom stereocenters. The van der Waals surface area contributed by atoms with Crippen LogP contribution in [0.3, 0.4) is 0 Å². The first-order chi connectivity index (χ1) is 9.92. The van der Waals surface area contributed by atoms with Crippen LogP contribution in [0, 0.1) is 5.92 Å². The van der Waals surface area contributed by atoms with E-state index in [1.54, 1.807) is 0 Å². The number of piperidine rings is 1. The molecule has 3 rings (SSSR count). The maximum absolute atomic E-state index is 5.61. The average molecular weight is 276 g/mol. The van der Waals surface area contributed by atoms with E-state index in [1.807, 2.05) is 6.07 Å². The lowest BCUT2D eigenvalue weighted by Crippen LogP contribution is -2.34. The summed E-state index contributed by atoms with van der Waals surface area (Å²) in [6, 6.07) is 6.27. The molecule has 1 saturated heterocycles. The molecule has 0 atom stereocenters. The van der Waals surface area contributed by atoms with Crippen molar-refractivity contribution < 1.29 is 9.47 Å². The van der Waals surface area contributed by atoms with Crippen molar-refractivity contribution in [1.82, 2.24) is 10.6 Å². The Morgan fingerprint density at radius 3 is 2.75 bits per heavy atom. The zero-order valence-corrected chi connectivity index (χ0v) is 12.0. The van der Waals surface area contributed by atoms with E-state index in [1.165, 1.54) is 31.5 Å². The summed E-state index contributed by atoms with van der Waals surface area (Å²) in [5.74, 6) is 2.62. The van der Waals surface area contributed by atoms with Crippen LogP contribution in [0.15, 0.2) is 18.2 Å². The zero-order chi connectivity index (χ0) is 13.6. The van der Waals surface area contributed by atoms with E-state index in [0.717, 1.165) is 36.9 Å². The lowest BCUT2D eigenvalue weighted by Gasteiger charge is -2.23. The van der Waals surface area contributed by atoms with Gasteiger partial charge in [-0.05, 0) is 69.1 Å². The maximum Gasteiger partial charge on any atom is 0.161 e. The second-order valence-corrected chi connectivity index (χ2v) is 5.63. The van der Waals surface area contributed by atoms with Crippen molar-refractivity contribution >= 4 is 0 Å². The number of hydrogen-bond acceptors (Lipinski definition) is 4. The molecule has 4 nitrogen and oxygen atoms in total. The lowest BCUT2D eigenvalue weighted by atomic mass is 9.98. The van der Waals surface area contributed by atoms with E-state index in [9.17, 15) is 0 Å². The second kappa shape index (κ2) is 6.95. The van der Waals surface area contributed by atoms with Crippen molar-refractivity contribution in [3.63, 3.8) is 0 Å². The fourth-order valence-corrected chi connectivity index (χ4v) is 2.87. The van der Waals surface area contributed by atoms with Gasteiger partial charge in [0, 0.05) is 0 Å². The number of nitrogens with one attached hydrogen (secondary N) is 2. The Balaban J connectivity index is 1.41. The molecule has 20 heavy (non-hydrogen) atoms. The topological polar surface area (TPSA) is 42.5 Å². The Hall–Kier alpha value is -1.26. The molecule has 2 aliphatic rings. The van der Waals surface area contributed by atoms with E-state index in [-0.39, 0.29) is 0 Å². The third kappa shape index (κ3) is 3.64. The SMILES string of the molecule is c1cc2c(cc1CCNCC1CCNCC1)OCCO2. The molecule has 0 amide bonds. The van der Waals surface area contributed by atoms with E-state index in [2.05, 4.69) is 22.8 Å². The van der Waals surface area contributed by atoms with Crippen LogP contribution in [-0.4, -0.2) is 39.4 Å². The molecule has 0 bridgehead atoms. The average Bonchev–Trinajstić information content (AvgIpc) is 2.52. The van der Waals surface area contributed by atoms with Gasteiger partial charge in [0.05, 0.1) is 0 Å². The predicted octanol–water partition coefficient (Wildman–Crippen LogP) is 1.59. The molecular formula is C16H24N2O2. The smallest absolute Gasteiger partial charge is 0.161 e. The van der Waals surface area contributed by atoms with Gasteiger partial charge in [-0.1, -0.05) is 6.07 Å². The molecule has 1 aromatic rings. The first kappa shape index (κ1) is 13.7. The van der Waals surface area contributed by atoms with Crippen LogP contribution in [0.5, 0.6) is 11.5 Å². The van der Waals surface area contributed by atoms with E-state index >= 15 is 0 Å². The van der Waals surface area contributed by atoms with Crippen LogP contribution >= 0.6 is 0 Å². The molecule has 2 N–H and O–H groups in total. The number of fused-ring (bicyclic) bond motifs is 1. The van der Waals surface area contributed by atoms with Crippen LogP contribution in [0.1, 0.15) is 18.4 Å². The van der Waals surface area contributed by atoms with Crippen LogP contribution in [0.4, 0.5) is 0 Å². The van der Waals surface area contributed by atoms with Crippen LogP contribution in [0.2, 0.25) is 0 Å². The first-order valence-corrected chi connectivity index (χ1v) is 7.72. The molecule has 0 saturated carbocycles. The molecule has 0 radical (unpaired) electrons. The highest BCUT2D eigenvalue weighted by atomic mass is 16.6. The standard InChI is InChI=1S/C16H24N2O2/c1-2-15-16(20-10-9-19-15)11-13(1)3-8-18-12-14-4-6-17-7-5-14/h1-2,11,14,17-18H,3-10,12H2. The Morgan fingerprint density at radius 2 is 1.90 bits per heavy atom. The van der Waals surface area contributed by atoms with Gasteiger partial charge in [-0.25, -0.2) is 0 Å². The van der Waals surface area contributed by atoms with Crippen molar-refractivity contribution in [3.8, 4) is 11.5 Å². The molecule has 1 fully saturated rings. The van der Waals surface area contributed by atoms with Gasteiger partial charge >= 0.3 is 0 Å². The minimum absolute atomic E-state index is 0.657. The minimum atomic E-state index is 0.657. The Bertz CT molecular complexity index is 430. The number of hydrogen-bond donors (Lipinski definition) is 2. The highest BCUT2D eigenvalue weighted by Gasteiger charge is 2.13. The monoisotopic (exact) mass is 276 g/mol. The molecule has 4 heteroatoms. The summed E-state index contributed by atoms with van der Waals surface area (Å²) in [6.45, 7) is 5.84. The maximum atomic E-state index is 5.61. The van der Waals surface area contributed by atoms with E-state index < -0.39 is 0 Å². The van der Waals surface area contributed by atoms with Gasteiger partial charge in [0.2, 0.25) is 0 Å². The van der Waals surface area contributed by atoms with Crippen LogP contribution in [0.25, 0.3) is 0 Å². The Kier molecular flexibility index (Phi) is 4.77. The molecule has 110 valence electrons. The highest BCUT2D eigenvalue weighted by Crippen LogP contribution is 2.30. The third-order valence-electron chi connectivity index (χ3n) is 4.09. The summed E-state index contributed by atoms with van der Waals surface area (Å²) in [5.41, 5.74) is 1.31. The van der Waals surface area contributed by atoms with Crippen molar-refractivity contribution in [2.45, 2.75) is 19.3 Å². The van der Waals surface area contributed by atoms with Gasteiger partial charge in [0.1, 0.15) is 13.2 Å². The fourth-order valence-electron chi connectivity index (χ4n) is 2.87.